The molecule has 0 aliphatic carbocycles. The van der Waals surface area contributed by atoms with E-state index in [1.807, 2.05) is 31.2 Å². The van der Waals surface area contributed by atoms with Crippen LogP contribution in [0, 0.1) is 0 Å². The molecule has 0 amide bonds. The Bertz CT molecular complexity index is 1100. The zero-order chi connectivity index (χ0) is 23.0. The molecule has 0 saturated carbocycles. The van der Waals surface area contributed by atoms with Gasteiger partial charge in [-0.2, -0.15) is 4.37 Å². The summed E-state index contributed by atoms with van der Waals surface area (Å²) in [6.45, 7) is 2.43. The number of sulfonamides is 1. The smallest absolute Gasteiger partial charge is 0.240 e. The van der Waals surface area contributed by atoms with Crippen LogP contribution in [0.25, 0.3) is 0 Å². The molecule has 8 nitrogen and oxygen atoms in total. The number of rotatable bonds is 12. The van der Waals surface area contributed by atoms with Crippen molar-refractivity contribution < 1.29 is 17.9 Å². The van der Waals surface area contributed by atoms with Gasteiger partial charge in [-0.15, -0.1) is 0 Å². The maximum Gasteiger partial charge on any atom is 0.240 e. The maximum atomic E-state index is 12.8. The van der Waals surface area contributed by atoms with E-state index in [1.54, 1.807) is 26.4 Å². The molecule has 3 rings (SSSR count). The second kappa shape index (κ2) is 11.3. The lowest BCUT2D eigenvalue weighted by molar-refractivity contribution is 0.410. The number of anilines is 1. The Morgan fingerprint density at radius 2 is 1.81 bits per heavy atom. The molecule has 2 N–H and O–H groups in total. The van der Waals surface area contributed by atoms with E-state index >= 15 is 0 Å². The third-order valence-corrected chi connectivity index (χ3v) is 7.08. The largest absolute Gasteiger partial charge is 0.497 e. The Hall–Kier alpha value is -2.69. The lowest BCUT2D eigenvalue weighted by Gasteiger charge is -2.18. The Labute approximate surface area is 193 Å². The van der Waals surface area contributed by atoms with Crippen LogP contribution in [0.15, 0.2) is 53.4 Å². The highest BCUT2D eigenvalue weighted by Gasteiger charge is 2.20. The van der Waals surface area contributed by atoms with Crippen molar-refractivity contribution in [2.75, 3.05) is 26.1 Å². The predicted octanol–water partition coefficient (Wildman–Crippen LogP) is 3.71. The van der Waals surface area contributed by atoms with E-state index < -0.39 is 10.0 Å². The number of nitrogens with one attached hydrogen (secondary N) is 2. The first-order valence-corrected chi connectivity index (χ1v) is 12.6. The van der Waals surface area contributed by atoms with Crippen LogP contribution in [0.2, 0.25) is 0 Å². The number of ether oxygens (including phenoxy) is 2. The first-order valence-electron chi connectivity index (χ1n) is 10.3. The van der Waals surface area contributed by atoms with Crippen molar-refractivity contribution in [1.82, 2.24) is 14.1 Å². The molecular formula is C22H28N4O4S2. The SMILES string of the molecule is CCCC(CNc1nc(Cc2ccccc2OC)ns1)NS(=O)(=O)c1ccc(OC)cc1. The number of aromatic nitrogens is 2. The molecule has 2 aromatic carbocycles. The summed E-state index contributed by atoms with van der Waals surface area (Å²) in [5.41, 5.74) is 1.01. The minimum absolute atomic E-state index is 0.203. The van der Waals surface area contributed by atoms with Gasteiger partial charge in [-0.3, -0.25) is 0 Å². The summed E-state index contributed by atoms with van der Waals surface area (Å²) in [6, 6.07) is 13.8. The van der Waals surface area contributed by atoms with Crippen LogP contribution in [-0.4, -0.2) is 44.6 Å². The van der Waals surface area contributed by atoms with Crippen LogP contribution >= 0.6 is 11.5 Å². The van der Waals surface area contributed by atoms with Gasteiger partial charge in [0.1, 0.15) is 17.3 Å². The van der Waals surface area contributed by atoms with Gasteiger partial charge in [0.15, 0.2) is 0 Å². The maximum absolute atomic E-state index is 12.8. The van der Waals surface area contributed by atoms with E-state index in [-0.39, 0.29) is 10.9 Å². The van der Waals surface area contributed by atoms with Gasteiger partial charge in [0.2, 0.25) is 15.2 Å². The summed E-state index contributed by atoms with van der Waals surface area (Å²) in [4.78, 5) is 4.74. The second-order valence-corrected chi connectivity index (χ2v) is 9.63. The lowest BCUT2D eigenvalue weighted by Crippen LogP contribution is -2.39. The Morgan fingerprint density at radius 3 is 2.50 bits per heavy atom. The minimum atomic E-state index is -3.65. The summed E-state index contributed by atoms with van der Waals surface area (Å²) >= 11 is 1.26. The quantitative estimate of drug-likeness (QED) is 0.411. The molecule has 1 heterocycles. The lowest BCUT2D eigenvalue weighted by atomic mass is 10.1. The van der Waals surface area contributed by atoms with Crippen molar-refractivity contribution in [3.05, 3.63) is 59.9 Å². The van der Waals surface area contributed by atoms with E-state index in [4.69, 9.17) is 9.47 Å². The monoisotopic (exact) mass is 476 g/mol. The van der Waals surface area contributed by atoms with Gasteiger partial charge in [-0.05, 0) is 36.8 Å². The van der Waals surface area contributed by atoms with Crippen molar-refractivity contribution in [1.29, 1.82) is 0 Å². The van der Waals surface area contributed by atoms with Gasteiger partial charge in [0.25, 0.3) is 0 Å². The third-order valence-electron chi connectivity index (χ3n) is 4.84. The average Bonchev–Trinajstić information content (AvgIpc) is 3.25. The van der Waals surface area contributed by atoms with E-state index in [0.717, 1.165) is 17.7 Å². The molecule has 1 aromatic heterocycles. The first kappa shape index (κ1) is 24.0. The number of benzene rings is 2. The Balaban J connectivity index is 1.62. The molecule has 32 heavy (non-hydrogen) atoms. The fourth-order valence-electron chi connectivity index (χ4n) is 3.22. The normalized spacial score (nSPS) is 12.3. The highest BCUT2D eigenvalue weighted by molar-refractivity contribution is 7.89. The Morgan fingerprint density at radius 1 is 1.06 bits per heavy atom. The molecule has 0 aliphatic rings. The van der Waals surface area contributed by atoms with Crippen LogP contribution < -0.4 is 19.5 Å². The van der Waals surface area contributed by atoms with E-state index in [0.29, 0.717) is 36.1 Å². The highest BCUT2D eigenvalue weighted by Crippen LogP contribution is 2.22. The molecule has 0 bridgehead atoms. The van der Waals surface area contributed by atoms with Gasteiger partial charge < -0.3 is 14.8 Å². The number of hydrogen-bond acceptors (Lipinski definition) is 8. The fourth-order valence-corrected chi connectivity index (χ4v) is 5.08. The Kier molecular flexibility index (Phi) is 8.43. The number of para-hydroxylation sites is 1. The van der Waals surface area contributed by atoms with E-state index in [2.05, 4.69) is 19.4 Å². The minimum Gasteiger partial charge on any atom is -0.497 e. The van der Waals surface area contributed by atoms with Gasteiger partial charge in [0, 0.05) is 36.1 Å². The van der Waals surface area contributed by atoms with E-state index in [1.165, 1.54) is 23.7 Å². The van der Waals surface area contributed by atoms with Gasteiger partial charge in [-0.1, -0.05) is 31.5 Å². The molecule has 0 radical (unpaired) electrons. The van der Waals surface area contributed by atoms with Gasteiger partial charge in [0.05, 0.1) is 19.1 Å². The van der Waals surface area contributed by atoms with Gasteiger partial charge >= 0.3 is 0 Å². The molecule has 0 spiro atoms. The molecule has 1 atom stereocenters. The van der Waals surface area contributed by atoms with Crippen molar-refractivity contribution in [3.8, 4) is 11.5 Å². The first-order chi connectivity index (χ1) is 15.4. The molecule has 172 valence electrons. The summed E-state index contributed by atoms with van der Waals surface area (Å²) in [5.74, 6) is 2.09. The number of hydrogen-bond donors (Lipinski definition) is 2. The topological polar surface area (TPSA) is 102 Å². The number of nitrogens with zero attached hydrogens (tertiary/aromatic N) is 2. The molecular weight excluding hydrogens is 448 g/mol. The zero-order valence-electron chi connectivity index (χ0n) is 18.4. The molecule has 1 unspecified atom stereocenters. The predicted molar refractivity (Wildman–Crippen MR) is 126 cm³/mol. The van der Waals surface area contributed by atoms with E-state index in [9.17, 15) is 8.42 Å². The summed E-state index contributed by atoms with van der Waals surface area (Å²) in [6.07, 6.45) is 2.09. The number of methoxy groups -OCH3 is 2. The fraction of sp³-hybridized carbons (Fsp3) is 0.364. The summed E-state index contributed by atoms with van der Waals surface area (Å²) < 4.78 is 43.2. The van der Waals surface area contributed by atoms with Crippen LogP contribution in [0.1, 0.15) is 31.2 Å². The molecule has 0 aliphatic heterocycles. The van der Waals surface area contributed by atoms with Crippen LogP contribution in [0.5, 0.6) is 11.5 Å². The van der Waals surface area contributed by atoms with Crippen molar-refractivity contribution >= 4 is 26.7 Å². The molecule has 0 fully saturated rings. The highest BCUT2D eigenvalue weighted by atomic mass is 32.2. The average molecular weight is 477 g/mol. The van der Waals surface area contributed by atoms with Gasteiger partial charge in [-0.25, -0.2) is 18.1 Å². The third kappa shape index (κ3) is 6.41. The van der Waals surface area contributed by atoms with Crippen LogP contribution in [0.3, 0.4) is 0 Å². The second-order valence-electron chi connectivity index (χ2n) is 7.17. The summed E-state index contributed by atoms with van der Waals surface area (Å²) in [7, 11) is -0.465. The molecule has 0 saturated heterocycles. The van der Waals surface area contributed by atoms with Crippen molar-refractivity contribution in [3.63, 3.8) is 0 Å². The van der Waals surface area contributed by atoms with Crippen molar-refractivity contribution in [2.45, 2.75) is 37.1 Å². The van der Waals surface area contributed by atoms with Crippen LogP contribution in [-0.2, 0) is 16.4 Å². The summed E-state index contributed by atoms with van der Waals surface area (Å²) in [5, 5.41) is 3.88. The molecule has 10 heteroatoms. The standard InChI is InChI=1S/C22H28N4O4S2/c1-4-7-17(26-32(27,28)19-12-10-18(29-2)11-13-19)15-23-22-24-21(25-31-22)14-16-8-5-6-9-20(16)30-3/h5-6,8-13,17,26H,4,7,14-15H2,1-3H3,(H,23,24,25). The zero-order valence-corrected chi connectivity index (χ0v) is 20.0. The molecule has 3 aromatic rings. The van der Waals surface area contributed by atoms with Crippen LogP contribution in [0.4, 0.5) is 5.13 Å². The van der Waals surface area contributed by atoms with Crippen molar-refractivity contribution in [2.24, 2.45) is 0 Å².